The second kappa shape index (κ2) is 7.66. The number of hydrogen-bond donors (Lipinski definition) is 0. The molecule has 142 valence electrons. The van der Waals surface area contributed by atoms with Crippen LogP contribution in [-0.2, 0) is 19.7 Å². The van der Waals surface area contributed by atoms with Gasteiger partial charge in [0.1, 0.15) is 0 Å². The average Bonchev–Trinajstić information content (AvgIpc) is 2.51. The molecule has 1 heterocycles. The lowest BCUT2D eigenvalue weighted by molar-refractivity contribution is 0.351. The summed E-state index contributed by atoms with van der Waals surface area (Å²) in [6.45, 7) is 6.08. The molecular weight excluding hydrogens is 358 g/mol. The minimum Gasteiger partial charge on any atom is -0.370 e. The highest BCUT2D eigenvalue weighted by molar-refractivity contribution is 7.91. The molecule has 0 bridgehead atoms. The third-order valence-electron chi connectivity index (χ3n) is 4.87. The van der Waals surface area contributed by atoms with E-state index in [9.17, 15) is 16.8 Å². The van der Waals surface area contributed by atoms with Crippen LogP contribution in [0.15, 0.2) is 28.0 Å². The molecule has 0 amide bonds. The smallest absolute Gasteiger partial charge is 0.177 e. The van der Waals surface area contributed by atoms with Crippen LogP contribution in [0.5, 0.6) is 0 Å². The largest absolute Gasteiger partial charge is 0.370 e. The summed E-state index contributed by atoms with van der Waals surface area (Å²) in [6, 6.07) is 4.44. The topological polar surface area (TPSA) is 71.5 Å². The number of benzene rings is 1. The summed E-state index contributed by atoms with van der Waals surface area (Å²) in [4.78, 5) is 2.23. The molecule has 1 aromatic carbocycles. The van der Waals surface area contributed by atoms with Gasteiger partial charge in [-0.2, -0.15) is 0 Å². The standard InChI is InChI=1S/C18H29NO4S2/c1-14(2)5-6-15-9-11-19(12-10-15)17-8-7-16(24(3,20)21)13-18(17)25(4,22)23/h7-8,13-15H,5-6,9-12H2,1-4H3. The molecule has 1 saturated heterocycles. The Morgan fingerprint density at radius 1 is 1.04 bits per heavy atom. The molecule has 0 spiro atoms. The molecule has 1 aliphatic rings. The van der Waals surface area contributed by atoms with Crippen molar-refractivity contribution in [1.82, 2.24) is 0 Å². The highest BCUT2D eigenvalue weighted by Crippen LogP contribution is 2.32. The molecule has 0 N–H and O–H groups in total. The van der Waals surface area contributed by atoms with Gasteiger partial charge in [-0.05, 0) is 42.9 Å². The zero-order valence-electron chi connectivity index (χ0n) is 15.5. The summed E-state index contributed by atoms with van der Waals surface area (Å²) < 4.78 is 47.9. The zero-order valence-corrected chi connectivity index (χ0v) is 17.2. The van der Waals surface area contributed by atoms with E-state index in [4.69, 9.17) is 0 Å². The van der Waals surface area contributed by atoms with Gasteiger partial charge in [-0.3, -0.25) is 0 Å². The Bertz CT molecular complexity index is 805. The van der Waals surface area contributed by atoms with E-state index in [1.165, 1.54) is 25.0 Å². The molecule has 1 fully saturated rings. The molecular formula is C18H29NO4S2. The van der Waals surface area contributed by atoms with Crippen molar-refractivity contribution < 1.29 is 16.8 Å². The second-order valence-corrected chi connectivity index (χ2v) is 11.6. The highest BCUT2D eigenvalue weighted by atomic mass is 32.2. The summed E-state index contributed by atoms with van der Waals surface area (Å²) in [6.07, 6.45) is 6.76. The van der Waals surface area contributed by atoms with E-state index >= 15 is 0 Å². The molecule has 0 aliphatic carbocycles. The van der Waals surface area contributed by atoms with Crippen molar-refractivity contribution in [3.63, 3.8) is 0 Å². The van der Waals surface area contributed by atoms with Gasteiger partial charge >= 0.3 is 0 Å². The number of sulfone groups is 2. The maximum absolute atomic E-state index is 12.2. The fourth-order valence-electron chi connectivity index (χ4n) is 3.31. The van der Waals surface area contributed by atoms with Crippen molar-refractivity contribution >= 4 is 25.4 Å². The van der Waals surface area contributed by atoms with Crippen LogP contribution < -0.4 is 4.90 Å². The average molecular weight is 388 g/mol. The molecule has 2 rings (SSSR count). The normalized spacial score (nSPS) is 17.2. The van der Waals surface area contributed by atoms with Crippen molar-refractivity contribution in [3.8, 4) is 0 Å². The summed E-state index contributed by atoms with van der Waals surface area (Å²) >= 11 is 0. The lowest BCUT2D eigenvalue weighted by Gasteiger charge is -2.35. The van der Waals surface area contributed by atoms with Crippen LogP contribution in [0, 0.1) is 11.8 Å². The first-order chi connectivity index (χ1) is 11.5. The molecule has 0 radical (unpaired) electrons. The Morgan fingerprint density at radius 3 is 2.12 bits per heavy atom. The van der Waals surface area contributed by atoms with Crippen molar-refractivity contribution in [3.05, 3.63) is 18.2 Å². The highest BCUT2D eigenvalue weighted by Gasteiger charge is 2.25. The van der Waals surface area contributed by atoms with Gasteiger partial charge in [0.25, 0.3) is 0 Å². The molecule has 5 nitrogen and oxygen atoms in total. The maximum Gasteiger partial charge on any atom is 0.177 e. The summed E-state index contributed by atoms with van der Waals surface area (Å²) in [5.41, 5.74) is 0.622. The minimum atomic E-state index is -3.51. The molecule has 1 aliphatic heterocycles. The molecule has 0 aromatic heterocycles. The minimum absolute atomic E-state index is 0.0449. The van der Waals surface area contributed by atoms with Crippen LogP contribution in [0.4, 0.5) is 5.69 Å². The van der Waals surface area contributed by atoms with Crippen molar-refractivity contribution in [2.24, 2.45) is 11.8 Å². The van der Waals surface area contributed by atoms with Crippen LogP contribution in [0.1, 0.15) is 39.5 Å². The Hall–Kier alpha value is -1.08. The van der Waals surface area contributed by atoms with E-state index in [0.717, 1.165) is 38.4 Å². The third kappa shape index (κ3) is 5.45. The second-order valence-electron chi connectivity index (χ2n) is 7.58. The van der Waals surface area contributed by atoms with Gasteiger partial charge in [0.15, 0.2) is 19.7 Å². The van der Waals surface area contributed by atoms with E-state index in [2.05, 4.69) is 18.7 Å². The SMILES string of the molecule is CC(C)CCC1CCN(c2ccc(S(C)(=O)=O)cc2S(C)(=O)=O)CC1. The van der Waals surface area contributed by atoms with Crippen molar-refractivity contribution in [2.75, 3.05) is 30.5 Å². The zero-order chi connectivity index (χ0) is 18.8. The first-order valence-corrected chi connectivity index (χ1v) is 12.6. The van der Waals surface area contributed by atoms with Gasteiger partial charge in [0.05, 0.1) is 15.5 Å². The van der Waals surface area contributed by atoms with E-state index in [0.29, 0.717) is 17.5 Å². The van der Waals surface area contributed by atoms with E-state index in [1.807, 2.05) is 0 Å². The Morgan fingerprint density at radius 2 is 1.64 bits per heavy atom. The first kappa shape index (κ1) is 20.2. The van der Waals surface area contributed by atoms with Crippen LogP contribution >= 0.6 is 0 Å². The third-order valence-corrected chi connectivity index (χ3v) is 7.10. The quantitative estimate of drug-likeness (QED) is 0.750. The lowest BCUT2D eigenvalue weighted by Crippen LogP contribution is -2.34. The fourth-order valence-corrected chi connectivity index (χ4v) is 4.95. The van der Waals surface area contributed by atoms with Gasteiger partial charge in [-0.25, -0.2) is 16.8 Å². The number of rotatable bonds is 6. The number of nitrogens with zero attached hydrogens (tertiary/aromatic N) is 1. The van der Waals surface area contributed by atoms with Crippen LogP contribution in [-0.4, -0.2) is 42.4 Å². The number of hydrogen-bond acceptors (Lipinski definition) is 5. The van der Waals surface area contributed by atoms with Gasteiger partial charge in [-0.15, -0.1) is 0 Å². The number of anilines is 1. The molecule has 25 heavy (non-hydrogen) atoms. The molecule has 7 heteroatoms. The number of piperidine rings is 1. The van der Waals surface area contributed by atoms with Gasteiger partial charge in [-0.1, -0.05) is 26.7 Å². The first-order valence-electron chi connectivity index (χ1n) is 8.77. The van der Waals surface area contributed by atoms with Gasteiger partial charge < -0.3 is 4.90 Å². The van der Waals surface area contributed by atoms with Crippen molar-refractivity contribution in [1.29, 1.82) is 0 Å². The Balaban J connectivity index is 2.23. The van der Waals surface area contributed by atoms with E-state index < -0.39 is 19.7 Å². The van der Waals surface area contributed by atoms with Crippen LogP contribution in [0.3, 0.4) is 0 Å². The summed E-state index contributed by atoms with van der Waals surface area (Å²) in [7, 11) is -6.95. The molecule has 0 unspecified atom stereocenters. The predicted octanol–water partition coefficient (Wildman–Crippen LogP) is 3.15. The Kier molecular flexibility index (Phi) is 6.20. The molecule has 0 atom stereocenters. The lowest BCUT2D eigenvalue weighted by atomic mass is 9.89. The van der Waals surface area contributed by atoms with Crippen LogP contribution in [0.25, 0.3) is 0 Å². The fraction of sp³-hybridized carbons (Fsp3) is 0.667. The van der Waals surface area contributed by atoms with Crippen molar-refractivity contribution in [2.45, 2.75) is 49.3 Å². The van der Waals surface area contributed by atoms with Gasteiger partial charge in [0.2, 0.25) is 0 Å². The van der Waals surface area contributed by atoms with E-state index in [1.54, 1.807) is 6.07 Å². The predicted molar refractivity (Wildman–Crippen MR) is 102 cm³/mol. The summed E-state index contributed by atoms with van der Waals surface area (Å²) in [5.74, 6) is 1.40. The van der Waals surface area contributed by atoms with Gasteiger partial charge in [0, 0.05) is 25.6 Å². The molecule has 0 saturated carbocycles. The van der Waals surface area contributed by atoms with Crippen LogP contribution in [0.2, 0.25) is 0 Å². The maximum atomic E-state index is 12.2. The van der Waals surface area contributed by atoms with E-state index in [-0.39, 0.29) is 9.79 Å². The summed E-state index contributed by atoms with van der Waals surface area (Å²) in [5, 5.41) is 0. The Labute approximate surface area is 152 Å². The molecule has 1 aromatic rings. The monoisotopic (exact) mass is 387 g/mol.